The lowest BCUT2D eigenvalue weighted by molar-refractivity contribution is 0.0697. The molecule has 0 saturated heterocycles. The van der Waals surface area contributed by atoms with Crippen molar-refractivity contribution in [3.8, 4) is 28.6 Å². The molecule has 10 heteroatoms. The summed E-state index contributed by atoms with van der Waals surface area (Å²) < 4.78 is 19.5. The number of hydrogen-bond donors (Lipinski definition) is 1. The minimum absolute atomic E-state index is 0.180. The van der Waals surface area contributed by atoms with Crippen molar-refractivity contribution in [1.29, 1.82) is 0 Å². The number of hydrogen-bond acceptors (Lipinski definition) is 7. The van der Waals surface area contributed by atoms with E-state index in [1.165, 1.54) is 23.9 Å². The Kier molecular flexibility index (Phi) is 9.87. The highest BCUT2D eigenvalue weighted by atomic mass is 79.9. The number of nitrogens with zero attached hydrogens (tertiary/aromatic N) is 3. The van der Waals surface area contributed by atoms with E-state index in [1.807, 2.05) is 44.2 Å². The molecular weight excluding hydrogens is 650 g/mol. The molecule has 9 nitrogen and oxygen atoms in total. The van der Waals surface area contributed by atoms with Gasteiger partial charge in [0.2, 0.25) is 0 Å². The van der Waals surface area contributed by atoms with Crippen molar-refractivity contribution in [3.63, 3.8) is 0 Å². The van der Waals surface area contributed by atoms with Gasteiger partial charge in [-0.3, -0.25) is 4.79 Å². The van der Waals surface area contributed by atoms with Crippen LogP contribution in [0.25, 0.3) is 22.3 Å². The van der Waals surface area contributed by atoms with Gasteiger partial charge in [-0.2, -0.15) is 9.78 Å². The quantitative estimate of drug-likeness (QED) is 0.141. The minimum atomic E-state index is -0.988. The number of aromatic nitrogens is 2. The number of methoxy groups -OCH3 is 1. The molecule has 1 aromatic heterocycles. The number of carboxylic acid groups (broad SMARTS) is 1. The van der Waals surface area contributed by atoms with E-state index in [1.54, 1.807) is 36.5 Å². The van der Waals surface area contributed by atoms with Crippen LogP contribution in [0.15, 0.2) is 87.2 Å². The van der Waals surface area contributed by atoms with Gasteiger partial charge in [-0.05, 0) is 106 Å². The van der Waals surface area contributed by atoms with Gasteiger partial charge in [-0.25, -0.2) is 9.78 Å². The summed E-state index contributed by atoms with van der Waals surface area (Å²) in [4.78, 5) is 29.9. The largest absolute Gasteiger partial charge is 0.494 e. The van der Waals surface area contributed by atoms with E-state index in [-0.39, 0.29) is 23.6 Å². The molecule has 0 aliphatic heterocycles. The second-order valence-electron chi connectivity index (χ2n) is 10.9. The van der Waals surface area contributed by atoms with Gasteiger partial charge < -0.3 is 19.3 Å². The van der Waals surface area contributed by atoms with Crippen LogP contribution in [0.2, 0.25) is 0 Å². The van der Waals surface area contributed by atoms with Gasteiger partial charge in [0, 0.05) is 5.56 Å². The molecule has 0 amide bonds. The van der Waals surface area contributed by atoms with Crippen LogP contribution in [-0.2, 0) is 6.61 Å². The smallest absolute Gasteiger partial charge is 0.335 e. The van der Waals surface area contributed by atoms with Crippen LogP contribution in [0.3, 0.4) is 0 Å². The van der Waals surface area contributed by atoms with Crippen LogP contribution in [0.4, 0.5) is 0 Å². The Balaban J connectivity index is 1.55. The van der Waals surface area contributed by atoms with Crippen molar-refractivity contribution in [3.05, 3.63) is 115 Å². The van der Waals surface area contributed by atoms with Crippen molar-refractivity contribution in [2.75, 3.05) is 13.7 Å². The maximum absolute atomic E-state index is 13.9. The molecule has 236 valence electrons. The minimum Gasteiger partial charge on any atom is -0.494 e. The van der Waals surface area contributed by atoms with Gasteiger partial charge in [-0.1, -0.05) is 38.1 Å². The molecule has 0 saturated carbocycles. The van der Waals surface area contributed by atoms with E-state index in [9.17, 15) is 9.59 Å². The van der Waals surface area contributed by atoms with Gasteiger partial charge in [0.1, 0.15) is 12.4 Å². The Hall–Kier alpha value is -4.96. The highest BCUT2D eigenvalue weighted by Gasteiger charge is 2.19. The van der Waals surface area contributed by atoms with Gasteiger partial charge in [0.05, 0.1) is 40.9 Å². The molecule has 0 unspecified atom stereocenters. The highest BCUT2D eigenvalue weighted by Crippen LogP contribution is 2.37. The Morgan fingerprint density at radius 2 is 1.78 bits per heavy atom. The van der Waals surface area contributed by atoms with Crippen LogP contribution >= 0.6 is 15.9 Å². The maximum Gasteiger partial charge on any atom is 0.335 e. The average Bonchev–Trinajstić information content (AvgIpc) is 3.04. The summed E-state index contributed by atoms with van der Waals surface area (Å²) in [6.45, 7) is 8.87. The molecular formula is C36H34BrN3O6. The van der Waals surface area contributed by atoms with E-state index in [0.717, 1.165) is 28.0 Å². The summed E-state index contributed by atoms with van der Waals surface area (Å²) in [6.07, 6.45) is 1.58. The third-order valence-corrected chi connectivity index (χ3v) is 8.02. The third kappa shape index (κ3) is 6.82. The summed E-state index contributed by atoms with van der Waals surface area (Å²) in [5.41, 5.74) is 4.64. The fraction of sp³-hybridized carbons (Fsp3) is 0.222. The van der Waals surface area contributed by atoms with E-state index >= 15 is 0 Å². The number of halogens is 1. The van der Waals surface area contributed by atoms with Crippen molar-refractivity contribution in [2.45, 2.75) is 40.2 Å². The molecule has 0 aliphatic rings. The number of benzene rings is 4. The molecule has 46 heavy (non-hydrogen) atoms. The Morgan fingerprint density at radius 3 is 2.46 bits per heavy atom. The molecule has 0 radical (unpaired) electrons. The number of carboxylic acids is 1. The lowest BCUT2D eigenvalue weighted by atomic mass is 9.96. The average molecular weight is 685 g/mol. The highest BCUT2D eigenvalue weighted by molar-refractivity contribution is 9.10. The SMILES string of the molecule is CCOc1cc(C)c(-c2nc3ccccc3c(=O)n2N=Cc2cc(Br)c(OCc3ccc(C(=O)O)cc3)c(OC)c2)cc1C(C)C. The van der Waals surface area contributed by atoms with Crippen LogP contribution < -0.4 is 19.8 Å². The summed E-state index contributed by atoms with van der Waals surface area (Å²) in [7, 11) is 1.54. The zero-order valence-electron chi connectivity index (χ0n) is 26.2. The number of fused-ring (bicyclic) bond motifs is 1. The first-order chi connectivity index (χ1) is 22.1. The zero-order valence-corrected chi connectivity index (χ0v) is 27.8. The van der Waals surface area contributed by atoms with Crippen LogP contribution in [0.1, 0.15) is 59.3 Å². The Morgan fingerprint density at radius 1 is 1.04 bits per heavy atom. The molecule has 0 bridgehead atoms. The lowest BCUT2D eigenvalue weighted by Gasteiger charge is -2.18. The van der Waals surface area contributed by atoms with Crippen molar-refractivity contribution < 1.29 is 24.1 Å². The predicted octanol–water partition coefficient (Wildman–Crippen LogP) is 7.82. The molecule has 1 N–H and O–H groups in total. The van der Waals surface area contributed by atoms with Gasteiger partial charge >= 0.3 is 5.97 Å². The van der Waals surface area contributed by atoms with E-state index in [4.69, 9.17) is 24.3 Å². The molecule has 0 fully saturated rings. The number of aryl methyl sites for hydroxylation is 1. The Bertz CT molecular complexity index is 2000. The van der Waals surface area contributed by atoms with Crippen molar-refractivity contribution in [2.24, 2.45) is 5.10 Å². The molecule has 4 aromatic carbocycles. The van der Waals surface area contributed by atoms with Crippen LogP contribution in [0.5, 0.6) is 17.2 Å². The van der Waals surface area contributed by atoms with E-state index in [0.29, 0.717) is 44.9 Å². The molecule has 5 rings (SSSR count). The second-order valence-corrected chi connectivity index (χ2v) is 11.8. The fourth-order valence-electron chi connectivity index (χ4n) is 5.05. The molecule has 1 heterocycles. The molecule has 0 spiro atoms. The van der Waals surface area contributed by atoms with Gasteiger partial charge in [0.15, 0.2) is 17.3 Å². The Labute approximate surface area is 275 Å². The number of ether oxygens (including phenoxy) is 3. The van der Waals surface area contributed by atoms with Gasteiger partial charge in [0.25, 0.3) is 5.56 Å². The van der Waals surface area contributed by atoms with Gasteiger partial charge in [-0.15, -0.1) is 0 Å². The second kappa shape index (κ2) is 14.0. The number of aromatic carboxylic acids is 1. The van der Waals surface area contributed by atoms with E-state index in [2.05, 4.69) is 34.9 Å². The van der Waals surface area contributed by atoms with Crippen LogP contribution in [0, 0.1) is 6.92 Å². The van der Waals surface area contributed by atoms with E-state index < -0.39 is 5.97 Å². The molecule has 0 atom stereocenters. The van der Waals surface area contributed by atoms with Crippen LogP contribution in [-0.4, -0.2) is 40.7 Å². The summed E-state index contributed by atoms with van der Waals surface area (Å²) in [5, 5.41) is 14.3. The summed E-state index contributed by atoms with van der Waals surface area (Å²) >= 11 is 3.58. The number of carbonyl (C=O) groups is 1. The first-order valence-corrected chi connectivity index (χ1v) is 15.6. The number of para-hydroxylation sites is 1. The zero-order chi connectivity index (χ0) is 33.0. The molecule has 0 aliphatic carbocycles. The van der Waals surface area contributed by atoms with Crippen molar-refractivity contribution in [1.82, 2.24) is 9.66 Å². The standard InChI is InChI=1S/C36H34BrN3O6/c1-6-45-31-15-22(4)28(18-27(31)21(2)3)34-39-30-10-8-7-9-26(30)35(41)40(34)38-19-24-16-29(37)33(32(17-24)44-5)46-20-23-11-13-25(14-12-23)36(42)43/h7-19,21H,6,20H2,1-5H3,(H,42,43). The first kappa shape index (κ1) is 32.4. The monoisotopic (exact) mass is 683 g/mol. The maximum atomic E-state index is 13.9. The topological polar surface area (TPSA) is 112 Å². The summed E-state index contributed by atoms with van der Waals surface area (Å²) in [5.74, 6) is 1.35. The number of rotatable bonds is 11. The van der Waals surface area contributed by atoms with Crippen molar-refractivity contribution >= 4 is 39.0 Å². The third-order valence-electron chi connectivity index (χ3n) is 7.43. The normalized spacial score (nSPS) is 11.4. The summed E-state index contributed by atoms with van der Waals surface area (Å²) in [6, 6.07) is 21.3. The fourth-order valence-corrected chi connectivity index (χ4v) is 5.63. The molecule has 5 aromatic rings. The first-order valence-electron chi connectivity index (χ1n) is 14.8. The lowest BCUT2D eigenvalue weighted by Crippen LogP contribution is -2.21. The predicted molar refractivity (Wildman–Crippen MR) is 183 cm³/mol.